The molecule has 2 unspecified atom stereocenters. The minimum absolute atomic E-state index is 0.108. The summed E-state index contributed by atoms with van der Waals surface area (Å²) >= 11 is 0. The molecule has 2 aromatic carbocycles. The van der Waals surface area contributed by atoms with E-state index < -0.39 is 0 Å². The van der Waals surface area contributed by atoms with E-state index in [1.807, 2.05) is 61.8 Å². The third kappa shape index (κ3) is 7.12. The third-order valence-corrected chi connectivity index (χ3v) is 5.87. The maximum Gasteiger partial charge on any atom is 0.338 e. The van der Waals surface area contributed by atoms with Crippen LogP contribution in [-0.2, 0) is 15.9 Å². The van der Waals surface area contributed by atoms with E-state index in [9.17, 15) is 4.79 Å². The summed E-state index contributed by atoms with van der Waals surface area (Å²) in [6, 6.07) is 16.9. The second-order valence-electron chi connectivity index (χ2n) is 8.68. The van der Waals surface area contributed by atoms with E-state index in [4.69, 9.17) is 14.2 Å². The normalized spacial score (nSPS) is 16.6. The molecule has 178 valence electrons. The molecule has 3 aromatic rings. The number of hydrogen-bond donors (Lipinski definition) is 0. The van der Waals surface area contributed by atoms with Crippen molar-refractivity contribution in [2.75, 3.05) is 6.61 Å². The smallest absolute Gasteiger partial charge is 0.338 e. The van der Waals surface area contributed by atoms with Gasteiger partial charge in [-0.05, 0) is 87.4 Å². The molecule has 2 atom stereocenters. The monoisotopic (exact) mass is 460 g/mol. The Bertz CT molecular complexity index is 1020. The Hall–Kier alpha value is -3.25. The molecule has 0 spiro atoms. The molecule has 0 saturated carbocycles. The molecule has 0 amide bonds. The van der Waals surface area contributed by atoms with E-state index >= 15 is 0 Å². The number of aryl methyl sites for hydroxylation is 1. The van der Waals surface area contributed by atoms with Crippen LogP contribution in [-0.4, -0.2) is 34.9 Å². The van der Waals surface area contributed by atoms with Crippen LogP contribution in [0.3, 0.4) is 0 Å². The lowest BCUT2D eigenvalue weighted by Crippen LogP contribution is -2.24. The lowest BCUT2D eigenvalue weighted by molar-refractivity contribution is -0.105. The number of hydrogen-bond acceptors (Lipinski definition) is 6. The number of carbonyl (C=O) groups is 1. The number of unbranched alkanes of at least 4 members (excludes halogenated alkanes) is 1. The SMILES string of the molecule is CC(CCCCc1cnc(-c2ccc(OC3CCCCO3)cc2)nc1)OC(=O)c1ccccc1. The standard InChI is InChI=1S/C28H32N2O4/c1-21(33-28(31)24-11-3-2-4-12-24)9-5-6-10-22-19-29-27(30-20-22)23-14-16-25(17-15-23)34-26-13-7-8-18-32-26/h2-4,11-12,14-17,19-21,26H,5-10,13,18H2,1H3. The van der Waals surface area contributed by atoms with Gasteiger partial charge in [0.05, 0.1) is 18.3 Å². The topological polar surface area (TPSA) is 70.5 Å². The Morgan fingerprint density at radius 3 is 2.50 bits per heavy atom. The third-order valence-electron chi connectivity index (χ3n) is 5.87. The van der Waals surface area contributed by atoms with Crippen LogP contribution < -0.4 is 4.74 Å². The first-order valence-corrected chi connectivity index (χ1v) is 12.1. The molecule has 4 rings (SSSR count). The second kappa shape index (κ2) is 12.3. The zero-order valence-electron chi connectivity index (χ0n) is 19.7. The van der Waals surface area contributed by atoms with Gasteiger partial charge in [0.25, 0.3) is 0 Å². The average Bonchev–Trinajstić information content (AvgIpc) is 2.89. The van der Waals surface area contributed by atoms with E-state index in [2.05, 4.69) is 9.97 Å². The molecular weight excluding hydrogens is 428 g/mol. The van der Waals surface area contributed by atoms with Gasteiger partial charge in [-0.1, -0.05) is 18.2 Å². The van der Waals surface area contributed by atoms with Gasteiger partial charge in [-0.2, -0.15) is 0 Å². The zero-order chi connectivity index (χ0) is 23.6. The van der Waals surface area contributed by atoms with Gasteiger partial charge in [-0.3, -0.25) is 0 Å². The van der Waals surface area contributed by atoms with Crippen molar-refractivity contribution in [3.63, 3.8) is 0 Å². The van der Waals surface area contributed by atoms with Gasteiger partial charge in [0.1, 0.15) is 5.75 Å². The van der Waals surface area contributed by atoms with E-state index in [-0.39, 0.29) is 18.4 Å². The number of ether oxygens (including phenoxy) is 3. The van der Waals surface area contributed by atoms with E-state index in [0.29, 0.717) is 11.4 Å². The van der Waals surface area contributed by atoms with Gasteiger partial charge in [0.15, 0.2) is 12.1 Å². The van der Waals surface area contributed by atoms with Gasteiger partial charge < -0.3 is 14.2 Å². The minimum Gasteiger partial charge on any atom is -0.465 e. The van der Waals surface area contributed by atoms with E-state index in [0.717, 1.165) is 68.4 Å². The van der Waals surface area contributed by atoms with Crippen LogP contribution in [0.15, 0.2) is 67.0 Å². The predicted molar refractivity (Wildman–Crippen MR) is 131 cm³/mol. The molecule has 0 bridgehead atoms. The van der Waals surface area contributed by atoms with E-state index in [1.165, 1.54) is 0 Å². The zero-order valence-corrected chi connectivity index (χ0v) is 19.7. The van der Waals surface area contributed by atoms with E-state index in [1.54, 1.807) is 12.1 Å². The summed E-state index contributed by atoms with van der Waals surface area (Å²) in [6.07, 6.45) is 10.4. The summed E-state index contributed by atoms with van der Waals surface area (Å²) in [5, 5.41) is 0. The molecule has 0 N–H and O–H groups in total. The highest BCUT2D eigenvalue weighted by Gasteiger charge is 2.15. The lowest BCUT2D eigenvalue weighted by Gasteiger charge is -2.23. The molecule has 0 radical (unpaired) electrons. The van der Waals surface area contributed by atoms with Gasteiger partial charge in [0, 0.05) is 24.4 Å². The van der Waals surface area contributed by atoms with Gasteiger partial charge in [-0.25, -0.2) is 14.8 Å². The maximum absolute atomic E-state index is 12.1. The second-order valence-corrected chi connectivity index (χ2v) is 8.68. The first-order chi connectivity index (χ1) is 16.7. The molecule has 1 saturated heterocycles. The summed E-state index contributed by atoms with van der Waals surface area (Å²) in [6.45, 7) is 2.71. The molecule has 6 nitrogen and oxygen atoms in total. The van der Waals surface area contributed by atoms with Crippen molar-refractivity contribution in [2.45, 2.75) is 64.3 Å². The van der Waals surface area contributed by atoms with Crippen molar-refractivity contribution in [3.8, 4) is 17.1 Å². The number of rotatable bonds is 10. The summed E-state index contributed by atoms with van der Waals surface area (Å²) < 4.78 is 17.0. The molecule has 1 aromatic heterocycles. The Morgan fingerprint density at radius 2 is 1.79 bits per heavy atom. The molecule has 1 fully saturated rings. The predicted octanol–water partition coefficient (Wildman–Crippen LogP) is 6.01. The summed E-state index contributed by atoms with van der Waals surface area (Å²) in [4.78, 5) is 21.2. The number of esters is 1. The first kappa shape index (κ1) is 23.9. The molecule has 6 heteroatoms. The maximum atomic E-state index is 12.1. The highest BCUT2D eigenvalue weighted by Crippen LogP contribution is 2.23. The van der Waals surface area contributed by atoms with Crippen LogP contribution >= 0.6 is 0 Å². The Kier molecular flexibility index (Phi) is 8.63. The fraction of sp³-hybridized carbons (Fsp3) is 0.393. The Morgan fingerprint density at radius 1 is 1.03 bits per heavy atom. The highest BCUT2D eigenvalue weighted by atomic mass is 16.7. The van der Waals surface area contributed by atoms with Crippen LogP contribution in [0.2, 0.25) is 0 Å². The summed E-state index contributed by atoms with van der Waals surface area (Å²) in [5.74, 6) is 1.24. The van der Waals surface area contributed by atoms with Crippen LogP contribution in [0.25, 0.3) is 11.4 Å². The summed E-state index contributed by atoms with van der Waals surface area (Å²) in [5.41, 5.74) is 2.65. The number of aromatic nitrogens is 2. The van der Waals surface area contributed by atoms with Crippen molar-refractivity contribution in [1.82, 2.24) is 9.97 Å². The number of carbonyl (C=O) groups excluding carboxylic acids is 1. The molecular formula is C28H32N2O4. The molecule has 2 heterocycles. The van der Waals surface area contributed by atoms with Crippen LogP contribution in [0.4, 0.5) is 0 Å². The van der Waals surface area contributed by atoms with Gasteiger partial charge in [0.2, 0.25) is 0 Å². The molecule has 0 aliphatic carbocycles. The fourth-order valence-electron chi connectivity index (χ4n) is 3.92. The van der Waals surface area contributed by atoms with Gasteiger partial charge >= 0.3 is 5.97 Å². The van der Waals surface area contributed by atoms with Crippen molar-refractivity contribution in [3.05, 3.63) is 78.1 Å². The molecule has 34 heavy (non-hydrogen) atoms. The van der Waals surface area contributed by atoms with Crippen LogP contribution in [0.5, 0.6) is 5.75 Å². The van der Waals surface area contributed by atoms with Crippen molar-refractivity contribution >= 4 is 5.97 Å². The average molecular weight is 461 g/mol. The Labute approximate surface area is 201 Å². The first-order valence-electron chi connectivity index (χ1n) is 12.1. The van der Waals surface area contributed by atoms with Crippen LogP contribution in [0, 0.1) is 0 Å². The summed E-state index contributed by atoms with van der Waals surface area (Å²) in [7, 11) is 0. The fourth-order valence-corrected chi connectivity index (χ4v) is 3.92. The minimum atomic E-state index is -0.265. The molecule has 1 aliphatic heterocycles. The Balaban J connectivity index is 1.18. The largest absolute Gasteiger partial charge is 0.465 e. The highest BCUT2D eigenvalue weighted by molar-refractivity contribution is 5.89. The lowest BCUT2D eigenvalue weighted by atomic mass is 10.1. The van der Waals surface area contributed by atoms with Crippen molar-refractivity contribution in [2.24, 2.45) is 0 Å². The number of nitrogens with zero attached hydrogens (tertiary/aromatic N) is 2. The number of benzene rings is 2. The van der Waals surface area contributed by atoms with Crippen molar-refractivity contribution < 1.29 is 19.0 Å². The van der Waals surface area contributed by atoms with Crippen molar-refractivity contribution in [1.29, 1.82) is 0 Å². The van der Waals surface area contributed by atoms with Gasteiger partial charge in [-0.15, -0.1) is 0 Å². The van der Waals surface area contributed by atoms with Crippen LogP contribution in [0.1, 0.15) is 61.4 Å². The molecule has 1 aliphatic rings. The quantitative estimate of drug-likeness (QED) is 0.273.